The topological polar surface area (TPSA) is 65.1 Å². The molecule has 0 spiro atoms. The van der Waals surface area contributed by atoms with Crippen molar-refractivity contribution in [3.63, 3.8) is 0 Å². The molecule has 2 aliphatic heterocycles. The van der Waals surface area contributed by atoms with Crippen molar-refractivity contribution in [1.82, 2.24) is 20.4 Å². The first-order chi connectivity index (χ1) is 9.54. The summed E-state index contributed by atoms with van der Waals surface area (Å²) in [5, 5.41) is 3.07. The van der Waals surface area contributed by atoms with E-state index in [0.29, 0.717) is 19.6 Å². The summed E-state index contributed by atoms with van der Waals surface area (Å²) in [6.07, 6.45) is 3.45. The monoisotopic (exact) mass is 284 g/mol. The van der Waals surface area contributed by atoms with Crippen LogP contribution >= 0.6 is 0 Å². The smallest absolute Gasteiger partial charge is 0.309 e. The zero-order valence-corrected chi connectivity index (χ0v) is 12.5. The molecule has 2 saturated heterocycles. The molecular weight excluding hydrogens is 260 g/mol. The largest absolute Gasteiger partial charge is 0.345 e. The van der Waals surface area contributed by atoms with E-state index in [1.165, 1.54) is 5.06 Å². The van der Waals surface area contributed by atoms with Crippen molar-refractivity contribution in [3.8, 4) is 0 Å². The van der Waals surface area contributed by atoms with Gasteiger partial charge in [-0.3, -0.25) is 15.1 Å². The van der Waals surface area contributed by atoms with Gasteiger partial charge in [-0.15, -0.1) is 0 Å². The summed E-state index contributed by atoms with van der Waals surface area (Å²) < 4.78 is 0. The molecule has 0 saturated carbocycles. The van der Waals surface area contributed by atoms with Crippen LogP contribution in [0.2, 0.25) is 0 Å². The molecule has 2 rings (SSSR count). The number of unbranched alkanes of at least 4 members (excludes halogenated alkanes) is 1. The highest BCUT2D eigenvalue weighted by Crippen LogP contribution is 2.30. The van der Waals surface area contributed by atoms with Gasteiger partial charge in [0.1, 0.15) is 6.04 Å². The van der Waals surface area contributed by atoms with Crippen LogP contribution < -0.4 is 5.43 Å². The number of hydrogen-bond acceptors (Lipinski definition) is 4. The van der Waals surface area contributed by atoms with Gasteiger partial charge in [0.05, 0.1) is 12.6 Å². The molecule has 3 amide bonds. The number of hydrogen-bond donors (Lipinski definition) is 1. The number of amides is 3. The zero-order chi connectivity index (χ0) is 14.7. The molecule has 20 heavy (non-hydrogen) atoms. The predicted octanol–water partition coefficient (Wildman–Crippen LogP) is 0.580. The number of carbonyl (C=O) groups excluding carboxylic acids is 2. The first kappa shape index (κ1) is 15.1. The molecule has 0 radical (unpaired) electrons. The lowest BCUT2D eigenvalue weighted by Crippen LogP contribution is -2.52. The maximum absolute atomic E-state index is 12.3. The summed E-state index contributed by atoms with van der Waals surface area (Å²) in [7, 11) is 3.52. The second-order valence-electron chi connectivity index (χ2n) is 5.56. The SMILES string of the molecule is CCCCON1C(=O)N2CC1CC[C@H]2C(=O)NN(C)C. The number of nitrogens with one attached hydrogen (secondary N) is 1. The zero-order valence-electron chi connectivity index (χ0n) is 12.5. The van der Waals surface area contributed by atoms with Crippen molar-refractivity contribution in [2.45, 2.75) is 44.7 Å². The second kappa shape index (κ2) is 6.41. The lowest BCUT2D eigenvalue weighted by Gasteiger charge is -2.30. The molecule has 0 aromatic rings. The predicted molar refractivity (Wildman–Crippen MR) is 73.4 cm³/mol. The molecule has 114 valence electrons. The van der Waals surface area contributed by atoms with Crippen molar-refractivity contribution < 1.29 is 14.4 Å². The molecule has 7 nitrogen and oxygen atoms in total. The quantitative estimate of drug-likeness (QED) is 0.572. The van der Waals surface area contributed by atoms with Gasteiger partial charge in [-0.25, -0.2) is 9.80 Å². The summed E-state index contributed by atoms with van der Waals surface area (Å²) >= 11 is 0. The number of hydrazine groups is 1. The van der Waals surface area contributed by atoms with Gasteiger partial charge in [0, 0.05) is 20.6 Å². The maximum atomic E-state index is 12.3. The first-order valence-electron chi connectivity index (χ1n) is 7.25. The Morgan fingerprint density at radius 2 is 2.20 bits per heavy atom. The minimum absolute atomic E-state index is 0.0859. The summed E-state index contributed by atoms with van der Waals surface area (Å²) in [6, 6.07) is -0.480. The number of piperidine rings is 1. The Hall–Kier alpha value is -1.34. The number of urea groups is 1. The van der Waals surface area contributed by atoms with E-state index < -0.39 is 0 Å². The molecule has 0 aromatic heterocycles. The fraction of sp³-hybridized carbons (Fsp3) is 0.846. The Balaban J connectivity index is 1.96. The van der Waals surface area contributed by atoms with Crippen molar-refractivity contribution in [1.29, 1.82) is 0 Å². The van der Waals surface area contributed by atoms with E-state index in [9.17, 15) is 9.59 Å². The van der Waals surface area contributed by atoms with Crippen molar-refractivity contribution in [3.05, 3.63) is 0 Å². The van der Waals surface area contributed by atoms with Gasteiger partial charge >= 0.3 is 6.03 Å². The van der Waals surface area contributed by atoms with Crippen molar-refractivity contribution >= 4 is 11.9 Å². The average Bonchev–Trinajstić information content (AvgIpc) is 2.63. The molecule has 1 unspecified atom stereocenters. The van der Waals surface area contributed by atoms with E-state index in [-0.39, 0.29) is 24.0 Å². The van der Waals surface area contributed by atoms with Crippen molar-refractivity contribution in [2.75, 3.05) is 27.2 Å². The number of fused-ring (bicyclic) bond motifs is 2. The third kappa shape index (κ3) is 3.04. The molecule has 2 atom stereocenters. The molecule has 2 fully saturated rings. The number of carbonyl (C=O) groups is 2. The Labute approximate surface area is 119 Å². The summed E-state index contributed by atoms with van der Waals surface area (Å²) in [5.41, 5.74) is 2.72. The molecule has 1 N–H and O–H groups in total. The van der Waals surface area contributed by atoms with Crippen LogP contribution in [0.15, 0.2) is 0 Å². The summed E-state index contributed by atoms with van der Waals surface area (Å²) in [5.74, 6) is -0.128. The minimum Gasteiger partial charge on any atom is -0.309 e. The fourth-order valence-corrected chi connectivity index (χ4v) is 2.67. The van der Waals surface area contributed by atoms with Crippen LogP contribution in [-0.4, -0.2) is 66.2 Å². The van der Waals surface area contributed by atoms with E-state index >= 15 is 0 Å². The van der Waals surface area contributed by atoms with Gasteiger partial charge in [0.2, 0.25) is 0 Å². The van der Waals surface area contributed by atoms with Crippen LogP contribution in [0, 0.1) is 0 Å². The highest BCUT2D eigenvalue weighted by atomic mass is 16.7. The molecular formula is C13H24N4O3. The highest BCUT2D eigenvalue weighted by Gasteiger charge is 2.47. The molecule has 0 aliphatic carbocycles. The molecule has 2 aliphatic rings. The van der Waals surface area contributed by atoms with Gasteiger partial charge in [-0.05, 0) is 19.3 Å². The third-order valence-electron chi connectivity index (χ3n) is 3.69. The molecule has 7 heteroatoms. The standard InChI is InChI=1S/C13H24N4O3/c1-4-5-8-20-17-10-6-7-11(12(18)14-15(2)3)16(9-10)13(17)19/h10-11H,4-9H2,1-3H3,(H,14,18)/t10?,11-/m0/s1. The highest BCUT2D eigenvalue weighted by molar-refractivity contribution is 5.88. The van der Waals surface area contributed by atoms with Crippen molar-refractivity contribution in [2.24, 2.45) is 0 Å². The Kier molecular flexibility index (Phi) is 4.82. The van der Waals surface area contributed by atoms with Crippen LogP contribution in [0.4, 0.5) is 4.79 Å². The molecule has 2 heterocycles. The lowest BCUT2D eigenvalue weighted by molar-refractivity contribution is -0.131. The molecule has 0 aromatic carbocycles. The second-order valence-corrected chi connectivity index (χ2v) is 5.56. The van der Waals surface area contributed by atoms with E-state index in [0.717, 1.165) is 19.3 Å². The van der Waals surface area contributed by atoms with Gasteiger partial charge in [0.25, 0.3) is 5.91 Å². The van der Waals surface area contributed by atoms with Crippen LogP contribution in [0.3, 0.4) is 0 Å². The van der Waals surface area contributed by atoms with Gasteiger partial charge in [-0.1, -0.05) is 13.3 Å². The van der Waals surface area contributed by atoms with E-state index in [1.54, 1.807) is 24.0 Å². The van der Waals surface area contributed by atoms with Gasteiger partial charge in [-0.2, -0.15) is 5.06 Å². The Bertz CT molecular complexity index is 375. The van der Waals surface area contributed by atoms with Crippen LogP contribution in [-0.2, 0) is 9.63 Å². The van der Waals surface area contributed by atoms with Crippen LogP contribution in [0.25, 0.3) is 0 Å². The normalized spacial score (nSPS) is 25.5. The minimum atomic E-state index is -0.388. The van der Waals surface area contributed by atoms with Gasteiger partial charge < -0.3 is 4.90 Å². The first-order valence-corrected chi connectivity index (χ1v) is 7.25. The summed E-state index contributed by atoms with van der Waals surface area (Å²) in [4.78, 5) is 31.6. The number of nitrogens with zero attached hydrogens (tertiary/aromatic N) is 3. The third-order valence-corrected chi connectivity index (χ3v) is 3.69. The Morgan fingerprint density at radius 1 is 1.45 bits per heavy atom. The van der Waals surface area contributed by atoms with E-state index in [1.807, 2.05) is 0 Å². The maximum Gasteiger partial charge on any atom is 0.345 e. The molecule has 2 bridgehead atoms. The lowest BCUT2D eigenvalue weighted by atomic mass is 10.0. The fourth-order valence-electron chi connectivity index (χ4n) is 2.67. The van der Waals surface area contributed by atoms with Crippen LogP contribution in [0.5, 0.6) is 0 Å². The number of rotatable bonds is 6. The summed E-state index contributed by atoms with van der Waals surface area (Å²) in [6.45, 7) is 3.22. The van der Waals surface area contributed by atoms with E-state index in [4.69, 9.17) is 4.84 Å². The van der Waals surface area contributed by atoms with Gasteiger partial charge in [0.15, 0.2) is 0 Å². The Morgan fingerprint density at radius 3 is 2.85 bits per heavy atom. The van der Waals surface area contributed by atoms with Crippen LogP contribution in [0.1, 0.15) is 32.6 Å². The van der Waals surface area contributed by atoms with E-state index in [2.05, 4.69) is 12.3 Å². The number of hydroxylamine groups is 2. The average molecular weight is 284 g/mol.